The van der Waals surface area contributed by atoms with Gasteiger partial charge in [-0.2, -0.15) is 0 Å². The lowest BCUT2D eigenvalue weighted by atomic mass is 10.1. The second-order valence-electron chi connectivity index (χ2n) is 2.60. The summed E-state index contributed by atoms with van der Waals surface area (Å²) in [6.45, 7) is 0. The van der Waals surface area contributed by atoms with Crippen molar-refractivity contribution in [3.05, 3.63) is 0 Å². The molecule has 0 radical (unpaired) electrons. The molecule has 2 nitrogen and oxygen atoms in total. The van der Waals surface area contributed by atoms with E-state index in [0.717, 1.165) is 4.62 Å². The van der Waals surface area contributed by atoms with Gasteiger partial charge < -0.3 is 4.84 Å². The number of nitrogens with zero attached hydrogens (tertiary/aromatic N) is 1. The smallest absolute Gasteiger partial charge is 0.136 e. The molecule has 1 heterocycles. The maximum atomic E-state index is 5.13. The molecule has 0 saturated heterocycles. The summed E-state index contributed by atoms with van der Waals surface area (Å²) in [5.41, 5.74) is 0. The predicted octanol–water partition coefficient (Wildman–Crippen LogP) is 1.89. The Hall–Kier alpha value is -0.0500. The van der Waals surface area contributed by atoms with Crippen molar-refractivity contribution in [3.63, 3.8) is 0 Å². The fraction of sp³-hybridized carbons (Fsp3) is 0.833. The summed E-state index contributed by atoms with van der Waals surface area (Å²) in [6.07, 6.45) is 4.12. The molecule has 0 amide bonds. The first kappa shape index (κ1) is 5.71. The number of oxime groups is 1. The molecule has 2 atom stereocenters. The third-order valence-corrected chi connectivity index (χ3v) is 2.77. The molecule has 0 aromatic rings. The first-order valence-electron chi connectivity index (χ1n) is 3.27. The zero-order valence-electron chi connectivity index (χ0n) is 5.01. The minimum atomic E-state index is 0.402. The third-order valence-electron chi connectivity index (χ3n) is 2.03. The topological polar surface area (TPSA) is 21.6 Å². The van der Waals surface area contributed by atoms with Crippen LogP contribution in [0.15, 0.2) is 5.16 Å². The summed E-state index contributed by atoms with van der Waals surface area (Å²) in [6, 6.07) is 0. The van der Waals surface area contributed by atoms with Gasteiger partial charge in [0, 0.05) is 0 Å². The Kier molecular flexibility index (Phi) is 1.25. The van der Waals surface area contributed by atoms with E-state index in [9.17, 15) is 0 Å². The zero-order chi connectivity index (χ0) is 6.27. The van der Waals surface area contributed by atoms with E-state index < -0.39 is 0 Å². The quantitative estimate of drug-likeness (QED) is 0.571. The van der Waals surface area contributed by atoms with Crippen molar-refractivity contribution in [2.24, 2.45) is 11.1 Å². The molecule has 50 valence electrons. The molecule has 0 N–H and O–H groups in total. The number of fused-ring (bicyclic) bond motifs is 1. The average Bonchev–Trinajstić information content (AvgIpc) is 2.35. The van der Waals surface area contributed by atoms with Gasteiger partial charge in [0.2, 0.25) is 0 Å². The molecule has 0 spiro atoms. The van der Waals surface area contributed by atoms with Crippen LogP contribution in [0.4, 0.5) is 0 Å². The highest BCUT2D eigenvalue weighted by molar-refractivity contribution is 9.18. The highest BCUT2D eigenvalue weighted by atomic mass is 79.9. The molecule has 0 aromatic heterocycles. The van der Waals surface area contributed by atoms with E-state index in [2.05, 4.69) is 21.1 Å². The Labute approximate surface area is 62.4 Å². The summed E-state index contributed by atoms with van der Waals surface area (Å²) in [4.78, 5) is 5.13. The summed E-state index contributed by atoms with van der Waals surface area (Å²) >= 11 is 3.37. The summed E-state index contributed by atoms with van der Waals surface area (Å²) < 4.78 is 1.02. The molecule has 1 aliphatic heterocycles. The van der Waals surface area contributed by atoms with Crippen LogP contribution < -0.4 is 0 Å². The minimum absolute atomic E-state index is 0.402. The summed E-state index contributed by atoms with van der Waals surface area (Å²) in [5, 5.41) is 3.85. The standard InChI is InChI=1S/C6H8BrNO/c7-6-4-2-1-3-5(4)9-8-6/h4-5H,1-3H2. The lowest BCUT2D eigenvalue weighted by Crippen LogP contribution is -2.12. The molecule has 2 aliphatic rings. The second kappa shape index (κ2) is 1.97. The minimum Gasteiger partial charge on any atom is -0.391 e. The third kappa shape index (κ3) is 0.784. The maximum absolute atomic E-state index is 5.13. The van der Waals surface area contributed by atoms with Crippen LogP contribution in [0.1, 0.15) is 19.3 Å². The van der Waals surface area contributed by atoms with Crippen LogP contribution in [0.2, 0.25) is 0 Å². The van der Waals surface area contributed by atoms with Crippen LogP contribution in [-0.4, -0.2) is 10.7 Å². The van der Waals surface area contributed by atoms with E-state index in [4.69, 9.17) is 4.84 Å². The highest BCUT2D eigenvalue weighted by Crippen LogP contribution is 2.35. The number of hydrogen-bond acceptors (Lipinski definition) is 2. The molecular weight excluding hydrogens is 182 g/mol. The first-order valence-corrected chi connectivity index (χ1v) is 4.06. The second-order valence-corrected chi connectivity index (χ2v) is 3.41. The summed E-state index contributed by atoms with van der Waals surface area (Å²) in [7, 11) is 0. The molecule has 1 saturated carbocycles. The monoisotopic (exact) mass is 189 g/mol. The predicted molar refractivity (Wildman–Crippen MR) is 38.6 cm³/mol. The van der Waals surface area contributed by atoms with Crippen molar-refractivity contribution >= 4 is 20.6 Å². The lowest BCUT2D eigenvalue weighted by molar-refractivity contribution is 0.0746. The van der Waals surface area contributed by atoms with E-state index >= 15 is 0 Å². The Morgan fingerprint density at radius 2 is 2.44 bits per heavy atom. The molecule has 3 heteroatoms. The van der Waals surface area contributed by atoms with Crippen LogP contribution >= 0.6 is 15.9 Å². The molecular formula is C6H8BrNO. The number of hydrogen-bond donors (Lipinski definition) is 0. The van der Waals surface area contributed by atoms with E-state index in [0.29, 0.717) is 12.0 Å². The van der Waals surface area contributed by atoms with Crippen molar-refractivity contribution in [1.29, 1.82) is 0 Å². The largest absolute Gasteiger partial charge is 0.391 e. The van der Waals surface area contributed by atoms with Gasteiger partial charge in [0.15, 0.2) is 0 Å². The van der Waals surface area contributed by atoms with Crippen molar-refractivity contribution in [3.8, 4) is 0 Å². The Morgan fingerprint density at radius 3 is 3.22 bits per heavy atom. The van der Waals surface area contributed by atoms with Gasteiger partial charge in [0.25, 0.3) is 0 Å². The van der Waals surface area contributed by atoms with E-state index in [1.165, 1.54) is 19.3 Å². The Morgan fingerprint density at radius 1 is 1.56 bits per heavy atom. The van der Waals surface area contributed by atoms with Gasteiger partial charge in [-0.25, -0.2) is 0 Å². The summed E-state index contributed by atoms with van der Waals surface area (Å²) in [5.74, 6) is 0.588. The van der Waals surface area contributed by atoms with Gasteiger partial charge >= 0.3 is 0 Å². The zero-order valence-corrected chi connectivity index (χ0v) is 6.60. The Balaban J connectivity index is 2.16. The van der Waals surface area contributed by atoms with E-state index in [1.54, 1.807) is 0 Å². The van der Waals surface area contributed by atoms with Crippen molar-refractivity contribution in [2.45, 2.75) is 25.4 Å². The molecule has 0 aromatic carbocycles. The van der Waals surface area contributed by atoms with E-state index in [-0.39, 0.29) is 0 Å². The normalized spacial score (nSPS) is 39.9. The fourth-order valence-electron chi connectivity index (χ4n) is 1.51. The maximum Gasteiger partial charge on any atom is 0.136 e. The SMILES string of the molecule is BrC1=NOC2CCCC12. The van der Waals surface area contributed by atoms with Gasteiger partial charge in [0.1, 0.15) is 10.7 Å². The van der Waals surface area contributed by atoms with Gasteiger partial charge in [0.05, 0.1) is 5.92 Å². The molecule has 9 heavy (non-hydrogen) atoms. The van der Waals surface area contributed by atoms with E-state index in [1.807, 2.05) is 0 Å². The molecule has 2 unspecified atom stereocenters. The fourth-order valence-corrected chi connectivity index (χ4v) is 2.12. The van der Waals surface area contributed by atoms with Crippen LogP contribution in [0, 0.1) is 5.92 Å². The average molecular weight is 190 g/mol. The van der Waals surface area contributed by atoms with Crippen molar-refractivity contribution in [2.75, 3.05) is 0 Å². The van der Waals surface area contributed by atoms with Crippen molar-refractivity contribution in [1.82, 2.24) is 0 Å². The lowest BCUT2D eigenvalue weighted by Gasteiger charge is -2.03. The first-order chi connectivity index (χ1) is 4.38. The van der Waals surface area contributed by atoms with Crippen molar-refractivity contribution < 1.29 is 4.84 Å². The number of halogens is 1. The van der Waals surface area contributed by atoms with Crippen LogP contribution in [-0.2, 0) is 4.84 Å². The number of rotatable bonds is 0. The molecule has 1 fully saturated rings. The molecule has 1 aliphatic carbocycles. The van der Waals surface area contributed by atoms with Crippen LogP contribution in [0.5, 0.6) is 0 Å². The molecule has 0 bridgehead atoms. The Bertz CT molecular complexity index is 157. The van der Waals surface area contributed by atoms with Gasteiger partial charge in [-0.15, -0.1) is 0 Å². The highest BCUT2D eigenvalue weighted by Gasteiger charge is 2.36. The van der Waals surface area contributed by atoms with Gasteiger partial charge in [-0.1, -0.05) is 5.16 Å². The molecule has 2 rings (SSSR count). The van der Waals surface area contributed by atoms with Crippen LogP contribution in [0.25, 0.3) is 0 Å². The van der Waals surface area contributed by atoms with Gasteiger partial charge in [-0.3, -0.25) is 0 Å². The van der Waals surface area contributed by atoms with Gasteiger partial charge in [-0.05, 0) is 35.2 Å². The van der Waals surface area contributed by atoms with Crippen LogP contribution in [0.3, 0.4) is 0 Å².